The minimum absolute atomic E-state index is 0.0131. The molecule has 1 N–H and O–H groups in total. The van der Waals surface area contributed by atoms with Crippen LogP contribution in [0.25, 0.3) is 0 Å². The summed E-state index contributed by atoms with van der Waals surface area (Å²) >= 11 is 0. The summed E-state index contributed by atoms with van der Waals surface area (Å²) in [6.45, 7) is 9.27. The van der Waals surface area contributed by atoms with Crippen LogP contribution in [0.4, 0.5) is 0 Å². The lowest BCUT2D eigenvalue weighted by Crippen LogP contribution is -2.59. The van der Waals surface area contributed by atoms with E-state index in [1.54, 1.807) is 0 Å². The van der Waals surface area contributed by atoms with Crippen LogP contribution in [-0.4, -0.2) is 47.0 Å². The standard InChI is InChI=1S/C16H28N2O3/c1-5-16(6-2)14(20)18(9-7-13(19)17-16)12-8-10-21-15(3,4)11-12/h12H,5-11H2,1-4H3,(H,17,19). The van der Waals surface area contributed by atoms with Gasteiger partial charge in [-0.3, -0.25) is 9.59 Å². The number of hydrogen-bond acceptors (Lipinski definition) is 3. The summed E-state index contributed by atoms with van der Waals surface area (Å²) in [7, 11) is 0. The highest BCUT2D eigenvalue weighted by Crippen LogP contribution is 2.31. The summed E-state index contributed by atoms with van der Waals surface area (Å²) in [5.74, 6) is 0.0712. The number of carbonyl (C=O) groups excluding carboxylic acids is 2. The molecule has 0 aromatic carbocycles. The van der Waals surface area contributed by atoms with Crippen molar-refractivity contribution in [2.24, 2.45) is 0 Å². The zero-order chi connectivity index (χ0) is 15.7. The molecule has 1 unspecified atom stereocenters. The summed E-state index contributed by atoms with van der Waals surface area (Å²) in [4.78, 5) is 27.0. The van der Waals surface area contributed by atoms with E-state index < -0.39 is 5.54 Å². The van der Waals surface area contributed by atoms with Crippen LogP contribution < -0.4 is 5.32 Å². The van der Waals surface area contributed by atoms with Gasteiger partial charge in [-0.15, -0.1) is 0 Å². The van der Waals surface area contributed by atoms with Crippen molar-refractivity contribution in [2.75, 3.05) is 13.2 Å². The monoisotopic (exact) mass is 296 g/mol. The maximum atomic E-state index is 13.1. The normalized spacial score (nSPS) is 29.0. The average Bonchev–Trinajstić information content (AvgIpc) is 2.55. The number of ether oxygens (including phenoxy) is 1. The number of hydrogen-bond donors (Lipinski definition) is 1. The van der Waals surface area contributed by atoms with Crippen LogP contribution in [0.3, 0.4) is 0 Å². The Kier molecular flexibility index (Phi) is 4.61. The number of nitrogens with one attached hydrogen (secondary N) is 1. The number of carbonyl (C=O) groups is 2. The first kappa shape index (κ1) is 16.3. The van der Waals surface area contributed by atoms with Crippen LogP contribution in [0.1, 0.15) is 59.8 Å². The SMILES string of the molecule is CCC1(CC)NC(=O)CCN(C2CCOC(C)(C)C2)C1=O. The Morgan fingerprint density at radius 1 is 1.29 bits per heavy atom. The van der Waals surface area contributed by atoms with Crippen molar-refractivity contribution in [1.29, 1.82) is 0 Å². The topological polar surface area (TPSA) is 58.6 Å². The van der Waals surface area contributed by atoms with Gasteiger partial charge in [-0.1, -0.05) is 13.8 Å². The Morgan fingerprint density at radius 2 is 1.95 bits per heavy atom. The Morgan fingerprint density at radius 3 is 2.52 bits per heavy atom. The van der Waals surface area contributed by atoms with E-state index in [1.165, 1.54) is 0 Å². The molecule has 0 radical (unpaired) electrons. The first-order valence-corrected chi connectivity index (χ1v) is 8.09. The average molecular weight is 296 g/mol. The second kappa shape index (κ2) is 5.95. The third kappa shape index (κ3) is 3.23. The molecule has 0 spiro atoms. The molecule has 5 nitrogen and oxygen atoms in total. The Balaban J connectivity index is 2.25. The number of amides is 2. The number of nitrogens with zero attached hydrogens (tertiary/aromatic N) is 1. The van der Waals surface area contributed by atoms with Crippen LogP contribution in [-0.2, 0) is 14.3 Å². The predicted octanol–water partition coefficient (Wildman–Crippen LogP) is 1.85. The van der Waals surface area contributed by atoms with Crippen LogP contribution in [0.2, 0.25) is 0 Å². The molecule has 2 rings (SSSR count). The second-order valence-electron chi connectivity index (χ2n) is 6.84. The predicted molar refractivity (Wildman–Crippen MR) is 80.8 cm³/mol. The fourth-order valence-electron chi connectivity index (χ4n) is 3.52. The van der Waals surface area contributed by atoms with Gasteiger partial charge in [0.1, 0.15) is 5.54 Å². The van der Waals surface area contributed by atoms with Crippen LogP contribution in [0.15, 0.2) is 0 Å². The molecule has 2 aliphatic heterocycles. The Labute approximate surface area is 127 Å². The van der Waals surface area contributed by atoms with Gasteiger partial charge in [0.05, 0.1) is 5.60 Å². The fourth-order valence-corrected chi connectivity index (χ4v) is 3.52. The molecule has 120 valence electrons. The molecule has 2 heterocycles. The molecule has 2 aliphatic rings. The molecule has 0 bridgehead atoms. The zero-order valence-electron chi connectivity index (χ0n) is 13.7. The summed E-state index contributed by atoms with van der Waals surface area (Å²) in [6, 6.07) is 0.173. The van der Waals surface area contributed by atoms with Gasteiger partial charge in [0.15, 0.2) is 0 Å². The van der Waals surface area contributed by atoms with E-state index in [2.05, 4.69) is 19.2 Å². The minimum Gasteiger partial charge on any atom is -0.375 e. The van der Waals surface area contributed by atoms with Crippen molar-refractivity contribution >= 4 is 11.8 Å². The van der Waals surface area contributed by atoms with Crippen LogP contribution >= 0.6 is 0 Å². The molecule has 21 heavy (non-hydrogen) atoms. The summed E-state index contributed by atoms with van der Waals surface area (Å²) < 4.78 is 5.76. The molecule has 0 saturated carbocycles. The van der Waals surface area contributed by atoms with Crippen LogP contribution in [0, 0.1) is 0 Å². The maximum Gasteiger partial charge on any atom is 0.248 e. The lowest BCUT2D eigenvalue weighted by Gasteiger charge is -2.43. The van der Waals surface area contributed by atoms with Crippen molar-refractivity contribution in [3.05, 3.63) is 0 Å². The minimum atomic E-state index is -0.726. The van der Waals surface area contributed by atoms with Crippen molar-refractivity contribution in [3.8, 4) is 0 Å². The summed E-state index contributed by atoms with van der Waals surface area (Å²) in [5.41, 5.74) is -0.927. The van der Waals surface area contributed by atoms with E-state index in [1.807, 2.05) is 18.7 Å². The third-order valence-corrected chi connectivity index (χ3v) is 4.95. The molecule has 2 saturated heterocycles. The zero-order valence-corrected chi connectivity index (χ0v) is 13.7. The molecule has 2 amide bonds. The molecular weight excluding hydrogens is 268 g/mol. The maximum absolute atomic E-state index is 13.1. The van der Waals surface area contributed by atoms with E-state index in [-0.39, 0.29) is 23.5 Å². The molecule has 1 atom stereocenters. The van der Waals surface area contributed by atoms with Gasteiger partial charge < -0.3 is 15.0 Å². The van der Waals surface area contributed by atoms with Crippen molar-refractivity contribution < 1.29 is 14.3 Å². The quantitative estimate of drug-likeness (QED) is 0.864. The van der Waals surface area contributed by atoms with Crippen LogP contribution in [0.5, 0.6) is 0 Å². The largest absolute Gasteiger partial charge is 0.375 e. The van der Waals surface area contributed by atoms with Gasteiger partial charge in [-0.05, 0) is 39.5 Å². The Bertz CT molecular complexity index is 416. The first-order chi connectivity index (χ1) is 9.83. The second-order valence-corrected chi connectivity index (χ2v) is 6.84. The molecule has 5 heteroatoms. The molecule has 2 fully saturated rings. The van der Waals surface area contributed by atoms with Gasteiger partial charge in [0.25, 0.3) is 0 Å². The van der Waals surface area contributed by atoms with Gasteiger partial charge >= 0.3 is 0 Å². The third-order valence-electron chi connectivity index (χ3n) is 4.95. The van der Waals surface area contributed by atoms with E-state index in [0.717, 1.165) is 12.8 Å². The van der Waals surface area contributed by atoms with E-state index in [0.29, 0.717) is 32.4 Å². The van der Waals surface area contributed by atoms with Crippen molar-refractivity contribution in [3.63, 3.8) is 0 Å². The van der Waals surface area contributed by atoms with Gasteiger partial charge in [0, 0.05) is 25.6 Å². The molecular formula is C16H28N2O3. The molecule has 0 aromatic heterocycles. The molecule has 0 aliphatic carbocycles. The lowest BCUT2D eigenvalue weighted by atomic mass is 9.88. The highest BCUT2D eigenvalue weighted by molar-refractivity contribution is 5.93. The first-order valence-electron chi connectivity index (χ1n) is 8.09. The van der Waals surface area contributed by atoms with Gasteiger partial charge in [0.2, 0.25) is 11.8 Å². The van der Waals surface area contributed by atoms with Gasteiger partial charge in [-0.2, -0.15) is 0 Å². The Hall–Kier alpha value is -1.10. The fraction of sp³-hybridized carbons (Fsp3) is 0.875. The summed E-state index contributed by atoms with van der Waals surface area (Å²) in [6.07, 6.45) is 3.35. The molecule has 0 aromatic rings. The number of rotatable bonds is 3. The van der Waals surface area contributed by atoms with Crippen molar-refractivity contribution in [2.45, 2.75) is 77.0 Å². The highest BCUT2D eigenvalue weighted by atomic mass is 16.5. The smallest absolute Gasteiger partial charge is 0.248 e. The van der Waals surface area contributed by atoms with E-state index >= 15 is 0 Å². The van der Waals surface area contributed by atoms with Crippen molar-refractivity contribution in [1.82, 2.24) is 10.2 Å². The van der Waals surface area contributed by atoms with E-state index in [4.69, 9.17) is 4.74 Å². The van der Waals surface area contributed by atoms with Gasteiger partial charge in [-0.25, -0.2) is 0 Å². The lowest BCUT2D eigenvalue weighted by molar-refractivity contribution is -0.147. The van der Waals surface area contributed by atoms with E-state index in [9.17, 15) is 9.59 Å². The highest BCUT2D eigenvalue weighted by Gasteiger charge is 2.45. The summed E-state index contributed by atoms with van der Waals surface area (Å²) in [5, 5.41) is 2.97.